The molecular formula is C19H19N5O. The van der Waals surface area contributed by atoms with E-state index in [1.807, 2.05) is 31.2 Å². The molecular weight excluding hydrogens is 314 g/mol. The molecule has 0 radical (unpaired) electrons. The van der Waals surface area contributed by atoms with Crippen molar-refractivity contribution in [3.8, 4) is 0 Å². The van der Waals surface area contributed by atoms with Crippen LogP contribution in [0.5, 0.6) is 0 Å². The van der Waals surface area contributed by atoms with Crippen molar-refractivity contribution in [1.29, 1.82) is 0 Å². The van der Waals surface area contributed by atoms with Gasteiger partial charge in [-0.2, -0.15) is 0 Å². The number of fused-ring (bicyclic) bond motifs is 1. The Labute approximate surface area is 146 Å². The molecule has 2 aromatic rings. The minimum absolute atomic E-state index is 0.00512. The number of carbonyl (C=O) groups excluding carboxylic acids is 1. The van der Waals surface area contributed by atoms with Crippen molar-refractivity contribution < 1.29 is 4.79 Å². The van der Waals surface area contributed by atoms with Gasteiger partial charge in [-0.1, -0.05) is 18.2 Å². The molecule has 0 fully saturated rings. The van der Waals surface area contributed by atoms with Gasteiger partial charge in [-0.05, 0) is 31.1 Å². The average Bonchev–Trinajstić information content (AvgIpc) is 3.25. The Morgan fingerprint density at radius 2 is 2.16 bits per heavy atom. The molecule has 2 aliphatic rings. The summed E-state index contributed by atoms with van der Waals surface area (Å²) in [6, 6.07) is 3.74. The van der Waals surface area contributed by atoms with E-state index in [0.29, 0.717) is 24.5 Å². The second-order valence-electron chi connectivity index (χ2n) is 6.37. The van der Waals surface area contributed by atoms with Crippen LogP contribution < -0.4 is 5.73 Å². The highest BCUT2D eigenvalue weighted by Gasteiger charge is 2.25. The fraction of sp³-hybridized carbons (Fsp3) is 0.263. The third-order valence-electron chi connectivity index (χ3n) is 4.56. The minimum Gasteiger partial charge on any atom is -0.397 e. The fourth-order valence-corrected chi connectivity index (χ4v) is 3.15. The lowest BCUT2D eigenvalue weighted by atomic mass is 10.1. The number of rotatable bonds is 3. The van der Waals surface area contributed by atoms with Gasteiger partial charge in [-0.15, -0.1) is 0 Å². The summed E-state index contributed by atoms with van der Waals surface area (Å²) in [5.41, 5.74) is 11.2. The number of amides is 1. The van der Waals surface area contributed by atoms with Crippen LogP contribution in [0.4, 0.5) is 5.69 Å². The number of hydrogen-bond donors (Lipinski definition) is 1. The van der Waals surface area contributed by atoms with Gasteiger partial charge in [-0.25, -0.2) is 9.97 Å². The quantitative estimate of drug-likeness (QED) is 0.930. The highest BCUT2D eigenvalue weighted by molar-refractivity contribution is 5.80. The van der Waals surface area contributed by atoms with Crippen LogP contribution >= 0.6 is 0 Å². The molecule has 0 saturated heterocycles. The summed E-state index contributed by atoms with van der Waals surface area (Å²) >= 11 is 0. The third kappa shape index (κ3) is 3.03. The molecule has 4 rings (SSSR count). The van der Waals surface area contributed by atoms with Crippen LogP contribution in [0.2, 0.25) is 0 Å². The number of allylic oxidation sites excluding steroid dienone is 4. The van der Waals surface area contributed by atoms with Gasteiger partial charge in [0.05, 0.1) is 35.7 Å². The fourth-order valence-electron chi connectivity index (χ4n) is 3.15. The number of nitrogens with zero attached hydrogens (tertiary/aromatic N) is 4. The Morgan fingerprint density at radius 1 is 1.28 bits per heavy atom. The number of anilines is 1. The third-order valence-corrected chi connectivity index (χ3v) is 4.56. The van der Waals surface area contributed by atoms with Gasteiger partial charge in [0.15, 0.2) is 0 Å². The molecule has 1 amide bonds. The van der Waals surface area contributed by atoms with E-state index in [2.05, 4.69) is 21.0 Å². The largest absolute Gasteiger partial charge is 0.397 e. The molecule has 3 heterocycles. The van der Waals surface area contributed by atoms with Crippen LogP contribution in [0.1, 0.15) is 34.9 Å². The molecule has 1 aliphatic carbocycles. The van der Waals surface area contributed by atoms with E-state index in [-0.39, 0.29) is 12.3 Å². The van der Waals surface area contributed by atoms with Crippen molar-refractivity contribution in [3.05, 3.63) is 65.0 Å². The van der Waals surface area contributed by atoms with Crippen molar-refractivity contribution in [2.45, 2.75) is 32.9 Å². The van der Waals surface area contributed by atoms with E-state index in [1.54, 1.807) is 11.1 Å². The first-order valence-electron chi connectivity index (χ1n) is 8.31. The Kier molecular flexibility index (Phi) is 3.80. The molecule has 126 valence electrons. The van der Waals surface area contributed by atoms with Gasteiger partial charge in [0.25, 0.3) is 0 Å². The van der Waals surface area contributed by atoms with Gasteiger partial charge >= 0.3 is 0 Å². The van der Waals surface area contributed by atoms with Crippen molar-refractivity contribution >= 4 is 17.2 Å². The number of hydrogen-bond acceptors (Lipinski definition) is 5. The molecule has 25 heavy (non-hydrogen) atoms. The Morgan fingerprint density at radius 3 is 2.96 bits per heavy atom. The molecule has 2 N–H and O–H groups in total. The molecule has 6 heteroatoms. The van der Waals surface area contributed by atoms with Gasteiger partial charge in [0.2, 0.25) is 5.91 Å². The summed E-state index contributed by atoms with van der Waals surface area (Å²) in [7, 11) is 0. The summed E-state index contributed by atoms with van der Waals surface area (Å²) < 4.78 is 0. The molecule has 0 unspecified atom stereocenters. The smallest absolute Gasteiger partial charge is 0.229 e. The molecule has 0 atom stereocenters. The first-order valence-corrected chi connectivity index (χ1v) is 8.31. The lowest BCUT2D eigenvalue weighted by Gasteiger charge is -2.16. The number of pyridine rings is 1. The van der Waals surface area contributed by atoms with E-state index in [4.69, 9.17) is 5.73 Å². The van der Waals surface area contributed by atoms with Crippen LogP contribution in [0.25, 0.3) is 5.57 Å². The van der Waals surface area contributed by atoms with E-state index in [9.17, 15) is 4.79 Å². The zero-order chi connectivity index (χ0) is 17.4. The monoisotopic (exact) mass is 333 g/mol. The maximum atomic E-state index is 12.7. The second-order valence-corrected chi connectivity index (χ2v) is 6.37. The number of nitrogens with two attached hydrogens (primary N) is 1. The van der Waals surface area contributed by atoms with E-state index < -0.39 is 0 Å². The van der Waals surface area contributed by atoms with Crippen molar-refractivity contribution in [2.24, 2.45) is 0 Å². The topological polar surface area (TPSA) is 85.0 Å². The van der Waals surface area contributed by atoms with Crippen LogP contribution in [0, 0.1) is 6.92 Å². The van der Waals surface area contributed by atoms with Crippen LogP contribution in [-0.4, -0.2) is 25.8 Å². The van der Waals surface area contributed by atoms with E-state index in [0.717, 1.165) is 34.8 Å². The van der Waals surface area contributed by atoms with Gasteiger partial charge in [-0.3, -0.25) is 9.78 Å². The predicted octanol–water partition coefficient (Wildman–Crippen LogP) is 2.19. The zero-order valence-corrected chi connectivity index (χ0v) is 14.1. The van der Waals surface area contributed by atoms with E-state index in [1.165, 1.54) is 0 Å². The summed E-state index contributed by atoms with van der Waals surface area (Å²) in [5, 5.41) is 0. The maximum absolute atomic E-state index is 12.7. The lowest BCUT2D eigenvalue weighted by Crippen LogP contribution is -2.27. The second kappa shape index (κ2) is 6.12. The van der Waals surface area contributed by atoms with Crippen LogP contribution in [-0.2, 0) is 24.3 Å². The van der Waals surface area contributed by atoms with Gasteiger partial charge < -0.3 is 10.6 Å². The first-order chi connectivity index (χ1) is 12.1. The highest BCUT2D eigenvalue weighted by Crippen LogP contribution is 2.25. The molecule has 6 nitrogen and oxygen atoms in total. The number of carbonyl (C=O) groups is 1. The van der Waals surface area contributed by atoms with Crippen molar-refractivity contribution in [2.75, 3.05) is 5.73 Å². The van der Waals surface area contributed by atoms with Gasteiger partial charge in [0, 0.05) is 18.3 Å². The average molecular weight is 333 g/mol. The molecule has 0 saturated carbocycles. The Hall–Kier alpha value is -3.02. The van der Waals surface area contributed by atoms with Crippen LogP contribution in [0.3, 0.4) is 0 Å². The predicted molar refractivity (Wildman–Crippen MR) is 95.1 cm³/mol. The number of aromatic nitrogens is 3. The van der Waals surface area contributed by atoms with Crippen molar-refractivity contribution in [3.63, 3.8) is 0 Å². The summed E-state index contributed by atoms with van der Waals surface area (Å²) in [6.07, 6.45) is 9.01. The SMILES string of the molecule is Cc1ncc2c(n1)CN(C(=O)Cc1nc(C3=CC=CC3)ccc1N)C2. The van der Waals surface area contributed by atoms with Crippen LogP contribution in [0.15, 0.2) is 36.6 Å². The first kappa shape index (κ1) is 15.5. The zero-order valence-electron chi connectivity index (χ0n) is 14.1. The Bertz CT molecular complexity index is 916. The molecule has 1 aliphatic heterocycles. The lowest BCUT2D eigenvalue weighted by molar-refractivity contribution is -0.131. The highest BCUT2D eigenvalue weighted by atomic mass is 16.2. The normalized spacial score (nSPS) is 15.4. The standard InChI is InChI=1S/C19H19N5O/c1-12-21-9-14-10-24(11-18(14)22-12)19(25)8-17-15(20)6-7-16(23-17)13-4-2-3-5-13/h2-4,6-7,9H,5,8,10-11,20H2,1H3. The van der Waals surface area contributed by atoms with Gasteiger partial charge in [0.1, 0.15) is 5.82 Å². The van der Waals surface area contributed by atoms with E-state index >= 15 is 0 Å². The summed E-state index contributed by atoms with van der Waals surface area (Å²) in [4.78, 5) is 27.7. The molecule has 0 bridgehead atoms. The molecule has 0 aromatic carbocycles. The number of nitrogen functional groups attached to an aromatic ring is 1. The molecule has 0 spiro atoms. The summed E-state index contributed by atoms with van der Waals surface area (Å²) in [6.45, 7) is 2.92. The van der Waals surface area contributed by atoms with Crippen molar-refractivity contribution in [1.82, 2.24) is 19.9 Å². The maximum Gasteiger partial charge on any atom is 0.229 e. The minimum atomic E-state index is 0.00512. The Balaban J connectivity index is 1.51. The number of aryl methyl sites for hydroxylation is 1. The summed E-state index contributed by atoms with van der Waals surface area (Å²) in [5.74, 6) is 0.732. The molecule has 2 aromatic heterocycles.